The van der Waals surface area contributed by atoms with Gasteiger partial charge in [0, 0.05) is 12.8 Å². The Kier molecular flexibility index (Phi) is 3.73. The smallest absolute Gasteiger partial charge is 0.328 e. The van der Waals surface area contributed by atoms with E-state index in [0.717, 1.165) is 18.7 Å². The largest absolute Gasteiger partial charge is 0.480 e. The molecule has 1 saturated heterocycles. The van der Waals surface area contributed by atoms with Crippen molar-refractivity contribution in [2.24, 2.45) is 5.92 Å². The van der Waals surface area contributed by atoms with Crippen LogP contribution in [0.1, 0.15) is 43.4 Å². The SMILES string of the molecule is O=C(O)C1CCCc2nc(CC3CCS(=O)(=O)CC3)nn21. The minimum absolute atomic E-state index is 0.239. The lowest BCUT2D eigenvalue weighted by atomic mass is 9.99. The van der Waals surface area contributed by atoms with Crippen LogP contribution in [0.25, 0.3) is 0 Å². The molecule has 2 aliphatic rings. The fourth-order valence-electron chi connectivity index (χ4n) is 3.12. The van der Waals surface area contributed by atoms with Crippen LogP contribution in [0.4, 0.5) is 0 Å². The van der Waals surface area contributed by atoms with E-state index in [2.05, 4.69) is 10.1 Å². The van der Waals surface area contributed by atoms with Crippen LogP contribution in [-0.4, -0.2) is 45.8 Å². The lowest BCUT2D eigenvalue weighted by Crippen LogP contribution is -2.26. The Morgan fingerprint density at radius 2 is 2.00 bits per heavy atom. The van der Waals surface area contributed by atoms with Crippen LogP contribution in [-0.2, 0) is 27.5 Å². The van der Waals surface area contributed by atoms with E-state index in [1.54, 1.807) is 4.68 Å². The minimum Gasteiger partial charge on any atom is -0.480 e. The number of hydrogen-bond donors (Lipinski definition) is 1. The molecule has 2 aliphatic heterocycles. The van der Waals surface area contributed by atoms with Gasteiger partial charge in [-0.3, -0.25) is 0 Å². The summed E-state index contributed by atoms with van der Waals surface area (Å²) < 4.78 is 24.4. The van der Waals surface area contributed by atoms with E-state index in [9.17, 15) is 18.3 Å². The normalized spacial score (nSPS) is 25.4. The second kappa shape index (κ2) is 5.40. The fourth-order valence-corrected chi connectivity index (χ4v) is 4.71. The topological polar surface area (TPSA) is 102 Å². The molecule has 7 nitrogen and oxygen atoms in total. The van der Waals surface area contributed by atoms with Crippen LogP contribution in [0.3, 0.4) is 0 Å². The molecular weight excluding hydrogens is 294 g/mol. The van der Waals surface area contributed by atoms with Crippen molar-refractivity contribution in [1.82, 2.24) is 14.8 Å². The number of carbonyl (C=O) groups is 1. The number of rotatable bonds is 3. The average Bonchev–Trinajstić information content (AvgIpc) is 2.83. The number of aliphatic carboxylic acids is 1. The van der Waals surface area contributed by atoms with Gasteiger partial charge in [0.1, 0.15) is 15.7 Å². The van der Waals surface area contributed by atoms with Gasteiger partial charge >= 0.3 is 5.97 Å². The molecule has 0 bridgehead atoms. The van der Waals surface area contributed by atoms with Gasteiger partial charge in [-0.05, 0) is 31.6 Å². The Bertz CT molecular complexity index is 638. The van der Waals surface area contributed by atoms with E-state index in [-0.39, 0.29) is 17.4 Å². The van der Waals surface area contributed by atoms with Crippen molar-refractivity contribution in [3.8, 4) is 0 Å². The fraction of sp³-hybridized carbons (Fsp3) is 0.769. The first kappa shape index (κ1) is 14.5. The van der Waals surface area contributed by atoms with Gasteiger partial charge in [0.05, 0.1) is 11.5 Å². The number of hydrogen-bond acceptors (Lipinski definition) is 5. The Morgan fingerprint density at radius 1 is 1.29 bits per heavy atom. The summed E-state index contributed by atoms with van der Waals surface area (Å²) >= 11 is 0. The molecule has 1 aromatic heterocycles. The van der Waals surface area contributed by atoms with E-state index in [1.807, 2.05) is 0 Å². The van der Waals surface area contributed by atoms with Gasteiger partial charge in [-0.1, -0.05) is 0 Å². The summed E-state index contributed by atoms with van der Waals surface area (Å²) in [5.74, 6) is 1.29. The van der Waals surface area contributed by atoms with Crippen molar-refractivity contribution in [3.05, 3.63) is 11.6 Å². The molecule has 1 atom stereocenters. The third-order valence-electron chi connectivity index (χ3n) is 4.35. The maximum absolute atomic E-state index is 11.4. The number of aryl methyl sites for hydroxylation is 1. The maximum atomic E-state index is 11.4. The van der Waals surface area contributed by atoms with Crippen molar-refractivity contribution in [3.63, 3.8) is 0 Å². The molecule has 3 heterocycles. The summed E-state index contributed by atoms with van der Waals surface area (Å²) in [6.07, 6.45) is 4.10. The van der Waals surface area contributed by atoms with Gasteiger partial charge in [-0.2, -0.15) is 5.10 Å². The van der Waals surface area contributed by atoms with E-state index in [0.29, 0.717) is 31.5 Å². The molecule has 0 saturated carbocycles. The number of carboxylic acid groups (broad SMARTS) is 1. The maximum Gasteiger partial charge on any atom is 0.328 e. The number of sulfone groups is 1. The molecule has 0 amide bonds. The first-order valence-electron chi connectivity index (χ1n) is 7.32. The molecule has 1 N–H and O–H groups in total. The van der Waals surface area contributed by atoms with Crippen LogP contribution in [0.5, 0.6) is 0 Å². The van der Waals surface area contributed by atoms with E-state index in [4.69, 9.17) is 0 Å². The average molecular weight is 313 g/mol. The van der Waals surface area contributed by atoms with Gasteiger partial charge in [-0.25, -0.2) is 22.9 Å². The Labute approximate surface area is 123 Å². The summed E-state index contributed by atoms with van der Waals surface area (Å²) in [6, 6.07) is -0.610. The molecule has 0 radical (unpaired) electrons. The Balaban J connectivity index is 1.72. The van der Waals surface area contributed by atoms with E-state index in [1.165, 1.54) is 0 Å². The van der Waals surface area contributed by atoms with Crippen molar-refractivity contribution < 1.29 is 18.3 Å². The number of fused-ring (bicyclic) bond motifs is 1. The molecule has 1 fully saturated rings. The van der Waals surface area contributed by atoms with Crippen LogP contribution < -0.4 is 0 Å². The molecular formula is C13H19N3O4S. The lowest BCUT2D eigenvalue weighted by molar-refractivity contribution is -0.141. The number of nitrogens with zero attached hydrogens (tertiary/aromatic N) is 3. The Morgan fingerprint density at radius 3 is 2.67 bits per heavy atom. The van der Waals surface area contributed by atoms with Gasteiger partial charge < -0.3 is 5.11 Å². The first-order valence-corrected chi connectivity index (χ1v) is 9.14. The number of aromatic nitrogens is 3. The third kappa shape index (κ3) is 3.09. The molecule has 3 rings (SSSR count). The summed E-state index contributed by atoms with van der Waals surface area (Å²) in [4.78, 5) is 15.7. The van der Waals surface area contributed by atoms with Gasteiger partial charge in [0.25, 0.3) is 0 Å². The summed E-state index contributed by atoms with van der Waals surface area (Å²) in [6.45, 7) is 0. The summed E-state index contributed by atoms with van der Waals surface area (Å²) in [7, 11) is -2.85. The van der Waals surface area contributed by atoms with Crippen molar-refractivity contribution in [1.29, 1.82) is 0 Å². The second-order valence-electron chi connectivity index (χ2n) is 5.93. The predicted octanol–water partition coefficient (Wildman–Crippen LogP) is 0.607. The molecule has 1 unspecified atom stereocenters. The second-order valence-corrected chi connectivity index (χ2v) is 8.24. The highest BCUT2D eigenvalue weighted by atomic mass is 32.2. The number of carboxylic acids is 1. The van der Waals surface area contributed by atoms with Crippen LogP contribution >= 0.6 is 0 Å². The molecule has 21 heavy (non-hydrogen) atoms. The predicted molar refractivity (Wildman–Crippen MR) is 74.7 cm³/mol. The zero-order chi connectivity index (χ0) is 15.0. The molecule has 0 aromatic carbocycles. The molecule has 1 aromatic rings. The highest BCUT2D eigenvalue weighted by molar-refractivity contribution is 7.91. The molecule has 116 valence electrons. The first-order chi connectivity index (χ1) is 9.94. The molecule has 8 heteroatoms. The zero-order valence-corrected chi connectivity index (χ0v) is 12.5. The van der Waals surface area contributed by atoms with Crippen molar-refractivity contribution in [2.45, 2.75) is 44.6 Å². The van der Waals surface area contributed by atoms with Gasteiger partial charge in [-0.15, -0.1) is 0 Å². The zero-order valence-electron chi connectivity index (χ0n) is 11.7. The van der Waals surface area contributed by atoms with Gasteiger partial charge in [0.2, 0.25) is 0 Å². The molecule has 0 spiro atoms. The third-order valence-corrected chi connectivity index (χ3v) is 6.06. The summed E-state index contributed by atoms with van der Waals surface area (Å²) in [5, 5.41) is 13.6. The Hall–Kier alpha value is -1.44. The quantitative estimate of drug-likeness (QED) is 0.877. The molecule has 0 aliphatic carbocycles. The van der Waals surface area contributed by atoms with Crippen molar-refractivity contribution in [2.75, 3.05) is 11.5 Å². The standard InChI is InChI=1S/C13H19N3O4S/c17-13(18)10-2-1-3-12-14-11(15-16(10)12)8-9-4-6-21(19,20)7-5-9/h9-10H,1-8H2,(H,17,18). The van der Waals surface area contributed by atoms with Crippen LogP contribution in [0, 0.1) is 5.92 Å². The van der Waals surface area contributed by atoms with E-state index >= 15 is 0 Å². The van der Waals surface area contributed by atoms with Crippen LogP contribution in [0.15, 0.2) is 0 Å². The summed E-state index contributed by atoms with van der Waals surface area (Å²) in [5.41, 5.74) is 0. The van der Waals surface area contributed by atoms with Gasteiger partial charge in [0.15, 0.2) is 11.9 Å². The minimum atomic E-state index is -2.85. The van der Waals surface area contributed by atoms with E-state index < -0.39 is 21.8 Å². The highest BCUT2D eigenvalue weighted by Gasteiger charge is 2.30. The highest BCUT2D eigenvalue weighted by Crippen LogP contribution is 2.26. The van der Waals surface area contributed by atoms with Crippen molar-refractivity contribution >= 4 is 15.8 Å². The lowest BCUT2D eigenvalue weighted by Gasteiger charge is -2.20. The monoisotopic (exact) mass is 313 g/mol. The van der Waals surface area contributed by atoms with Crippen LogP contribution in [0.2, 0.25) is 0 Å².